The van der Waals surface area contributed by atoms with Gasteiger partial charge in [0.1, 0.15) is 5.75 Å². The maximum Gasteiger partial charge on any atom is 0.305 e. The van der Waals surface area contributed by atoms with Crippen molar-refractivity contribution in [1.29, 1.82) is 0 Å². The second-order valence-corrected chi connectivity index (χ2v) is 6.25. The number of para-hydroxylation sites is 2. The highest BCUT2D eigenvalue weighted by molar-refractivity contribution is 6.00. The van der Waals surface area contributed by atoms with Crippen LogP contribution in [-0.2, 0) is 14.4 Å². The lowest BCUT2D eigenvalue weighted by Gasteiger charge is -2.34. The van der Waals surface area contributed by atoms with Crippen molar-refractivity contribution in [3.63, 3.8) is 0 Å². The van der Waals surface area contributed by atoms with Gasteiger partial charge in [-0.3, -0.25) is 14.4 Å². The smallest absolute Gasteiger partial charge is 0.305 e. The van der Waals surface area contributed by atoms with Crippen LogP contribution in [0.15, 0.2) is 24.3 Å². The molecule has 2 amide bonds. The fraction of sp³-hybridized carbons (Fsp3) is 0.526. The number of aliphatic carboxylic acids is 1. The van der Waals surface area contributed by atoms with Crippen molar-refractivity contribution >= 4 is 23.5 Å². The Morgan fingerprint density at radius 2 is 1.92 bits per heavy atom. The highest BCUT2D eigenvalue weighted by Crippen LogP contribution is 2.34. The van der Waals surface area contributed by atoms with Gasteiger partial charge in [0, 0.05) is 26.1 Å². The number of ether oxygens (including phenoxy) is 1. The Labute approximate surface area is 153 Å². The Hall–Kier alpha value is -2.57. The summed E-state index contributed by atoms with van der Waals surface area (Å²) in [7, 11) is 0. The van der Waals surface area contributed by atoms with E-state index in [1.54, 1.807) is 15.9 Å². The lowest BCUT2D eigenvalue weighted by Crippen LogP contribution is -2.47. The molecule has 1 aromatic carbocycles. The number of anilines is 1. The molecule has 0 spiro atoms. The van der Waals surface area contributed by atoms with Gasteiger partial charge in [-0.15, -0.1) is 0 Å². The van der Waals surface area contributed by atoms with E-state index in [9.17, 15) is 14.4 Å². The summed E-state index contributed by atoms with van der Waals surface area (Å²) in [6.07, 6.45) is 0.832. The van der Waals surface area contributed by atoms with E-state index in [1.165, 1.54) is 0 Å². The number of fused-ring (bicyclic) bond motifs is 1. The van der Waals surface area contributed by atoms with Crippen LogP contribution < -0.4 is 9.64 Å². The van der Waals surface area contributed by atoms with Crippen LogP contribution in [0, 0.1) is 0 Å². The summed E-state index contributed by atoms with van der Waals surface area (Å²) in [6.45, 7) is 4.77. The predicted molar refractivity (Wildman–Crippen MR) is 97.2 cm³/mol. The second kappa shape index (κ2) is 9.22. The van der Waals surface area contributed by atoms with Gasteiger partial charge in [0.25, 0.3) is 5.91 Å². The molecule has 1 heterocycles. The molecule has 0 aliphatic carbocycles. The number of hydrogen-bond donors (Lipinski definition) is 1. The largest absolute Gasteiger partial charge is 0.481 e. The maximum atomic E-state index is 12.6. The molecule has 1 unspecified atom stereocenters. The average molecular weight is 362 g/mol. The number of nitrogens with zero attached hydrogens (tertiary/aromatic N) is 2. The number of carbonyl (C=O) groups is 3. The Bertz CT molecular complexity index is 661. The van der Waals surface area contributed by atoms with E-state index in [-0.39, 0.29) is 37.7 Å². The van der Waals surface area contributed by atoms with Crippen molar-refractivity contribution in [1.82, 2.24) is 4.90 Å². The van der Waals surface area contributed by atoms with Crippen molar-refractivity contribution in [3.05, 3.63) is 24.3 Å². The first-order valence-corrected chi connectivity index (χ1v) is 9.04. The molecular weight excluding hydrogens is 336 g/mol. The summed E-state index contributed by atoms with van der Waals surface area (Å²) in [4.78, 5) is 39.1. The molecule has 7 nitrogen and oxygen atoms in total. The van der Waals surface area contributed by atoms with Gasteiger partial charge in [0.05, 0.1) is 12.1 Å². The van der Waals surface area contributed by atoms with E-state index in [4.69, 9.17) is 9.84 Å². The van der Waals surface area contributed by atoms with E-state index in [2.05, 4.69) is 0 Å². The molecule has 7 heteroatoms. The van der Waals surface area contributed by atoms with Gasteiger partial charge in [-0.25, -0.2) is 0 Å². The van der Waals surface area contributed by atoms with E-state index in [0.717, 1.165) is 6.42 Å². The van der Waals surface area contributed by atoms with Crippen LogP contribution in [0.2, 0.25) is 0 Å². The maximum absolute atomic E-state index is 12.6. The molecular formula is C19H26N2O5. The molecule has 1 aromatic rings. The molecule has 0 radical (unpaired) electrons. The molecule has 0 saturated heterocycles. The third kappa shape index (κ3) is 4.74. The Kier molecular flexibility index (Phi) is 7.00. The number of carboxylic acids is 1. The first-order valence-electron chi connectivity index (χ1n) is 9.04. The number of carboxylic acid groups (broad SMARTS) is 1. The number of carbonyl (C=O) groups excluding carboxylic acids is 2. The van der Waals surface area contributed by atoms with Crippen LogP contribution in [0.4, 0.5) is 5.69 Å². The van der Waals surface area contributed by atoms with Gasteiger partial charge in [0.2, 0.25) is 5.91 Å². The number of benzene rings is 1. The Morgan fingerprint density at radius 1 is 1.19 bits per heavy atom. The van der Waals surface area contributed by atoms with Crippen LogP contribution in [0.25, 0.3) is 0 Å². The monoisotopic (exact) mass is 362 g/mol. The third-order valence-corrected chi connectivity index (χ3v) is 4.33. The minimum Gasteiger partial charge on any atom is -0.481 e. The van der Waals surface area contributed by atoms with Gasteiger partial charge >= 0.3 is 5.97 Å². The molecule has 142 valence electrons. The zero-order valence-electron chi connectivity index (χ0n) is 15.3. The van der Waals surface area contributed by atoms with Crippen molar-refractivity contribution in [2.75, 3.05) is 24.5 Å². The van der Waals surface area contributed by atoms with Crippen molar-refractivity contribution in [3.8, 4) is 5.75 Å². The van der Waals surface area contributed by atoms with Crippen molar-refractivity contribution in [2.24, 2.45) is 0 Å². The molecule has 1 N–H and O–H groups in total. The SMILES string of the molecule is CCCN(CCC(=O)O)C(=O)CCN1C(=O)C(CC)Oc2ccccc21. The van der Waals surface area contributed by atoms with Crippen LogP contribution in [0.3, 0.4) is 0 Å². The number of amides is 2. The summed E-state index contributed by atoms with van der Waals surface area (Å²) >= 11 is 0. The Morgan fingerprint density at radius 3 is 2.58 bits per heavy atom. The van der Waals surface area contributed by atoms with Gasteiger partial charge in [0.15, 0.2) is 6.10 Å². The fourth-order valence-electron chi connectivity index (χ4n) is 2.99. The molecule has 0 bridgehead atoms. The highest BCUT2D eigenvalue weighted by Gasteiger charge is 2.33. The lowest BCUT2D eigenvalue weighted by atomic mass is 10.1. The molecule has 1 atom stereocenters. The zero-order chi connectivity index (χ0) is 19.1. The van der Waals surface area contributed by atoms with Gasteiger partial charge in [-0.1, -0.05) is 26.0 Å². The lowest BCUT2D eigenvalue weighted by molar-refractivity contribution is -0.138. The van der Waals surface area contributed by atoms with E-state index in [1.807, 2.05) is 32.0 Å². The first-order chi connectivity index (χ1) is 12.5. The number of hydrogen-bond acceptors (Lipinski definition) is 4. The number of rotatable bonds is 9. The van der Waals surface area contributed by atoms with Gasteiger partial charge < -0.3 is 19.6 Å². The van der Waals surface area contributed by atoms with E-state index >= 15 is 0 Å². The quantitative estimate of drug-likeness (QED) is 0.728. The minimum atomic E-state index is -0.929. The molecule has 26 heavy (non-hydrogen) atoms. The standard InChI is InChI=1S/C19H26N2O5/c1-3-11-20(12-10-18(23)24)17(22)9-13-21-14-7-5-6-8-16(14)26-15(4-2)19(21)25/h5-8,15H,3-4,9-13H2,1-2H3,(H,23,24). The van der Waals surface area contributed by atoms with Crippen LogP contribution in [-0.4, -0.2) is 53.5 Å². The van der Waals surface area contributed by atoms with E-state index in [0.29, 0.717) is 24.4 Å². The first kappa shape index (κ1) is 19.8. The average Bonchev–Trinajstić information content (AvgIpc) is 2.63. The molecule has 1 aliphatic heterocycles. The molecule has 0 fully saturated rings. The second-order valence-electron chi connectivity index (χ2n) is 6.25. The predicted octanol–water partition coefficient (Wildman–Crippen LogP) is 2.29. The Balaban J connectivity index is 2.07. The normalized spacial score (nSPS) is 16.0. The summed E-state index contributed by atoms with van der Waals surface area (Å²) in [5, 5.41) is 8.84. The molecule has 2 rings (SSSR count). The summed E-state index contributed by atoms with van der Waals surface area (Å²) in [5.74, 6) is -0.575. The topological polar surface area (TPSA) is 87.2 Å². The van der Waals surface area contributed by atoms with Gasteiger partial charge in [-0.2, -0.15) is 0 Å². The van der Waals surface area contributed by atoms with Crippen LogP contribution >= 0.6 is 0 Å². The zero-order valence-corrected chi connectivity index (χ0v) is 15.3. The van der Waals surface area contributed by atoms with Crippen LogP contribution in [0.1, 0.15) is 39.5 Å². The molecule has 0 aromatic heterocycles. The van der Waals surface area contributed by atoms with Crippen molar-refractivity contribution < 1.29 is 24.2 Å². The molecule has 0 saturated carbocycles. The summed E-state index contributed by atoms with van der Waals surface area (Å²) < 4.78 is 5.73. The highest BCUT2D eigenvalue weighted by atomic mass is 16.5. The summed E-state index contributed by atoms with van der Waals surface area (Å²) in [6, 6.07) is 7.29. The van der Waals surface area contributed by atoms with Crippen molar-refractivity contribution in [2.45, 2.75) is 45.6 Å². The minimum absolute atomic E-state index is 0.0804. The fourth-order valence-corrected chi connectivity index (χ4v) is 2.99. The van der Waals surface area contributed by atoms with Crippen LogP contribution in [0.5, 0.6) is 5.75 Å². The molecule has 1 aliphatic rings. The van der Waals surface area contributed by atoms with E-state index < -0.39 is 12.1 Å². The third-order valence-electron chi connectivity index (χ3n) is 4.33. The van der Waals surface area contributed by atoms with Gasteiger partial charge in [-0.05, 0) is 25.0 Å². The summed E-state index contributed by atoms with van der Waals surface area (Å²) in [5.41, 5.74) is 0.669.